The quantitative estimate of drug-likeness (QED) is 0.862. The van der Waals surface area contributed by atoms with E-state index < -0.39 is 0 Å². The molecule has 0 aliphatic carbocycles. The summed E-state index contributed by atoms with van der Waals surface area (Å²) in [5.74, 6) is 1.01. The molecule has 1 aromatic heterocycles. The Kier molecular flexibility index (Phi) is 5.10. The number of rotatable bonds is 5. The van der Waals surface area contributed by atoms with Crippen LogP contribution in [-0.4, -0.2) is 54.9 Å². The van der Waals surface area contributed by atoms with Crippen LogP contribution in [0.15, 0.2) is 12.1 Å². The first-order chi connectivity index (χ1) is 9.20. The maximum absolute atomic E-state index is 4.37. The van der Waals surface area contributed by atoms with Crippen LogP contribution in [0.1, 0.15) is 25.5 Å². The number of nitrogens with one attached hydrogen (secondary N) is 1. The molecule has 0 bridgehead atoms. The topological polar surface area (TPSA) is 44.3 Å². The van der Waals surface area contributed by atoms with E-state index in [1.54, 1.807) is 0 Å². The van der Waals surface area contributed by atoms with Crippen molar-refractivity contribution in [3.05, 3.63) is 17.8 Å². The number of hydrogen-bond acceptors (Lipinski definition) is 5. The minimum absolute atomic E-state index is 0.622. The summed E-state index contributed by atoms with van der Waals surface area (Å²) in [5, 5.41) is 11.9. The molecule has 2 heterocycles. The lowest BCUT2D eigenvalue weighted by atomic mass is 10.1. The SMILES string of the molecule is CCNCc1ccc(N2CCCC(N(C)C)C2)nn1. The fraction of sp³-hybridized carbons (Fsp3) is 0.714. The van der Waals surface area contributed by atoms with E-state index in [1.807, 2.05) is 0 Å². The molecule has 1 aromatic rings. The Bertz CT molecular complexity index is 376. The average molecular weight is 263 g/mol. The van der Waals surface area contributed by atoms with E-state index in [0.717, 1.165) is 37.7 Å². The van der Waals surface area contributed by atoms with Crippen molar-refractivity contribution in [2.24, 2.45) is 0 Å². The Labute approximate surface area is 116 Å². The van der Waals surface area contributed by atoms with Gasteiger partial charge < -0.3 is 15.1 Å². The fourth-order valence-electron chi connectivity index (χ4n) is 2.45. The van der Waals surface area contributed by atoms with Crippen LogP contribution in [0.5, 0.6) is 0 Å². The maximum atomic E-state index is 4.37. The highest BCUT2D eigenvalue weighted by atomic mass is 15.3. The first-order valence-corrected chi connectivity index (χ1v) is 7.15. The van der Waals surface area contributed by atoms with Gasteiger partial charge in [-0.15, -0.1) is 5.10 Å². The summed E-state index contributed by atoms with van der Waals surface area (Å²) in [6.45, 7) is 5.99. The van der Waals surface area contributed by atoms with Gasteiger partial charge in [0.1, 0.15) is 0 Å². The van der Waals surface area contributed by atoms with E-state index in [2.05, 4.69) is 58.5 Å². The van der Waals surface area contributed by atoms with Gasteiger partial charge in [0.05, 0.1) is 5.69 Å². The molecule has 0 aromatic carbocycles. The Morgan fingerprint density at radius 3 is 2.84 bits per heavy atom. The Morgan fingerprint density at radius 2 is 2.21 bits per heavy atom. The molecule has 2 rings (SSSR count). The van der Waals surface area contributed by atoms with Crippen LogP contribution < -0.4 is 10.2 Å². The Hall–Kier alpha value is -1.20. The fourth-order valence-corrected chi connectivity index (χ4v) is 2.45. The monoisotopic (exact) mass is 263 g/mol. The van der Waals surface area contributed by atoms with Gasteiger partial charge in [0, 0.05) is 25.7 Å². The van der Waals surface area contributed by atoms with E-state index in [-0.39, 0.29) is 0 Å². The van der Waals surface area contributed by atoms with Gasteiger partial charge >= 0.3 is 0 Å². The van der Waals surface area contributed by atoms with Crippen molar-refractivity contribution in [2.75, 3.05) is 38.6 Å². The summed E-state index contributed by atoms with van der Waals surface area (Å²) in [6, 6.07) is 4.79. The van der Waals surface area contributed by atoms with Gasteiger partial charge in [-0.2, -0.15) is 5.10 Å². The molecule has 5 heteroatoms. The molecule has 0 saturated carbocycles. The molecular formula is C14H25N5. The molecule has 1 unspecified atom stereocenters. The Morgan fingerprint density at radius 1 is 1.37 bits per heavy atom. The van der Waals surface area contributed by atoms with Gasteiger partial charge in [-0.1, -0.05) is 6.92 Å². The zero-order valence-corrected chi connectivity index (χ0v) is 12.3. The standard InChI is InChI=1S/C14H25N5/c1-4-15-10-12-7-8-14(17-16-12)19-9-5-6-13(11-19)18(2)3/h7-8,13,15H,4-6,9-11H2,1-3H3. The third-order valence-electron chi connectivity index (χ3n) is 3.71. The third-order valence-corrected chi connectivity index (χ3v) is 3.71. The number of piperidine rings is 1. The van der Waals surface area contributed by atoms with Crippen LogP contribution >= 0.6 is 0 Å². The highest BCUT2D eigenvalue weighted by Gasteiger charge is 2.22. The second-order valence-electron chi connectivity index (χ2n) is 5.37. The van der Waals surface area contributed by atoms with Gasteiger partial charge in [0.15, 0.2) is 5.82 Å². The lowest BCUT2D eigenvalue weighted by Crippen LogP contribution is -2.45. The molecule has 1 fully saturated rings. The first kappa shape index (κ1) is 14.2. The van der Waals surface area contributed by atoms with Crippen LogP contribution in [-0.2, 0) is 6.54 Å². The van der Waals surface area contributed by atoms with Crippen LogP contribution in [0.4, 0.5) is 5.82 Å². The molecule has 1 aliphatic heterocycles. The number of hydrogen-bond donors (Lipinski definition) is 1. The summed E-state index contributed by atoms with van der Waals surface area (Å²) < 4.78 is 0. The normalized spacial score (nSPS) is 20.0. The van der Waals surface area contributed by atoms with Crippen molar-refractivity contribution < 1.29 is 0 Å². The summed E-state index contributed by atoms with van der Waals surface area (Å²) in [6.07, 6.45) is 2.50. The predicted molar refractivity (Wildman–Crippen MR) is 78.3 cm³/mol. The lowest BCUT2D eigenvalue weighted by Gasteiger charge is -2.36. The van der Waals surface area contributed by atoms with Gasteiger partial charge in [0.2, 0.25) is 0 Å². The van der Waals surface area contributed by atoms with Crippen molar-refractivity contribution in [3.8, 4) is 0 Å². The number of anilines is 1. The van der Waals surface area contributed by atoms with Crippen molar-refractivity contribution in [1.82, 2.24) is 20.4 Å². The number of nitrogens with zero attached hydrogens (tertiary/aromatic N) is 4. The second kappa shape index (κ2) is 6.82. The van der Waals surface area contributed by atoms with Crippen LogP contribution in [0.2, 0.25) is 0 Å². The number of likely N-dealkylation sites (N-methyl/N-ethyl adjacent to an activating group) is 1. The summed E-state index contributed by atoms with van der Waals surface area (Å²) in [4.78, 5) is 4.65. The van der Waals surface area contributed by atoms with Crippen LogP contribution in [0.25, 0.3) is 0 Å². The van der Waals surface area contributed by atoms with Gasteiger partial charge in [-0.3, -0.25) is 0 Å². The lowest BCUT2D eigenvalue weighted by molar-refractivity contribution is 0.257. The van der Waals surface area contributed by atoms with E-state index in [1.165, 1.54) is 12.8 Å². The highest BCUT2D eigenvalue weighted by Crippen LogP contribution is 2.19. The molecule has 1 atom stereocenters. The smallest absolute Gasteiger partial charge is 0.151 e. The minimum atomic E-state index is 0.622. The zero-order valence-electron chi connectivity index (χ0n) is 12.3. The molecule has 19 heavy (non-hydrogen) atoms. The van der Waals surface area contributed by atoms with Crippen molar-refractivity contribution in [1.29, 1.82) is 0 Å². The zero-order chi connectivity index (χ0) is 13.7. The molecule has 0 radical (unpaired) electrons. The Balaban J connectivity index is 1.97. The average Bonchev–Trinajstić information content (AvgIpc) is 2.46. The van der Waals surface area contributed by atoms with Gasteiger partial charge in [-0.05, 0) is 45.6 Å². The van der Waals surface area contributed by atoms with Crippen LogP contribution in [0.3, 0.4) is 0 Å². The molecule has 0 amide bonds. The van der Waals surface area contributed by atoms with Crippen molar-refractivity contribution in [2.45, 2.75) is 32.4 Å². The predicted octanol–water partition coefficient (Wildman–Crippen LogP) is 1.12. The molecule has 1 aliphatic rings. The molecule has 0 spiro atoms. The molecule has 5 nitrogen and oxygen atoms in total. The molecule has 1 N–H and O–H groups in total. The van der Waals surface area contributed by atoms with E-state index in [0.29, 0.717) is 6.04 Å². The van der Waals surface area contributed by atoms with Gasteiger partial charge in [-0.25, -0.2) is 0 Å². The molecule has 106 valence electrons. The maximum Gasteiger partial charge on any atom is 0.151 e. The van der Waals surface area contributed by atoms with Crippen molar-refractivity contribution >= 4 is 5.82 Å². The molecule has 1 saturated heterocycles. The van der Waals surface area contributed by atoms with Gasteiger partial charge in [0.25, 0.3) is 0 Å². The van der Waals surface area contributed by atoms with E-state index in [9.17, 15) is 0 Å². The van der Waals surface area contributed by atoms with Crippen molar-refractivity contribution in [3.63, 3.8) is 0 Å². The summed E-state index contributed by atoms with van der Waals surface area (Å²) in [7, 11) is 4.30. The molecular weight excluding hydrogens is 238 g/mol. The van der Waals surface area contributed by atoms with E-state index >= 15 is 0 Å². The first-order valence-electron chi connectivity index (χ1n) is 7.15. The summed E-state index contributed by atoms with van der Waals surface area (Å²) in [5.41, 5.74) is 1.01. The van der Waals surface area contributed by atoms with Crippen LogP contribution in [0, 0.1) is 0 Å². The summed E-state index contributed by atoms with van der Waals surface area (Å²) >= 11 is 0. The third kappa shape index (κ3) is 3.88. The number of aromatic nitrogens is 2. The second-order valence-corrected chi connectivity index (χ2v) is 5.37. The highest BCUT2D eigenvalue weighted by molar-refractivity contribution is 5.38. The minimum Gasteiger partial charge on any atom is -0.354 e. The van der Waals surface area contributed by atoms with E-state index in [4.69, 9.17) is 0 Å². The largest absolute Gasteiger partial charge is 0.354 e.